The topological polar surface area (TPSA) is 50.7 Å². The fraction of sp³-hybridized carbons (Fsp3) is 0.571. The summed E-state index contributed by atoms with van der Waals surface area (Å²) in [6, 6.07) is 5.47. The van der Waals surface area contributed by atoms with Gasteiger partial charge in [0.1, 0.15) is 18.1 Å². The van der Waals surface area contributed by atoms with Crippen LogP contribution in [-0.4, -0.2) is 31.5 Å². The molecule has 0 saturated heterocycles. The highest BCUT2D eigenvalue weighted by Gasteiger charge is 2.23. The molecular formula is C14H21NO3. The zero-order valence-electron chi connectivity index (χ0n) is 10.8. The predicted molar refractivity (Wildman–Crippen MR) is 70.1 cm³/mol. The van der Waals surface area contributed by atoms with Crippen LogP contribution in [0.15, 0.2) is 18.2 Å². The van der Waals surface area contributed by atoms with Crippen molar-refractivity contribution >= 4 is 0 Å². The molecule has 0 aromatic heterocycles. The molecule has 2 rings (SSSR count). The molecule has 1 aliphatic heterocycles. The van der Waals surface area contributed by atoms with Gasteiger partial charge >= 0.3 is 0 Å². The number of aromatic hydroxyl groups is 1. The van der Waals surface area contributed by atoms with E-state index in [1.807, 2.05) is 6.07 Å². The van der Waals surface area contributed by atoms with Gasteiger partial charge in [-0.2, -0.15) is 0 Å². The van der Waals surface area contributed by atoms with Crippen LogP contribution in [0.25, 0.3) is 0 Å². The SMILES string of the molecule is CCCCOCCNC1COc2cc(O)ccc21. The summed E-state index contributed by atoms with van der Waals surface area (Å²) >= 11 is 0. The van der Waals surface area contributed by atoms with Gasteiger partial charge in [0, 0.05) is 24.8 Å². The van der Waals surface area contributed by atoms with Crippen LogP contribution < -0.4 is 10.1 Å². The standard InChI is InChI=1S/C14H21NO3/c1-2-3-7-17-8-6-15-13-10-18-14-9-11(16)4-5-12(13)14/h4-5,9,13,15-16H,2-3,6-8,10H2,1H3. The third-order valence-electron chi connectivity index (χ3n) is 3.06. The highest BCUT2D eigenvalue weighted by Crippen LogP contribution is 2.34. The first-order valence-electron chi connectivity index (χ1n) is 6.58. The van der Waals surface area contributed by atoms with Gasteiger partial charge in [-0.3, -0.25) is 0 Å². The molecule has 0 bridgehead atoms. The number of rotatable bonds is 7. The van der Waals surface area contributed by atoms with Crippen molar-refractivity contribution in [3.63, 3.8) is 0 Å². The van der Waals surface area contributed by atoms with Crippen molar-refractivity contribution in [1.29, 1.82) is 0 Å². The number of unbranched alkanes of at least 4 members (excludes halogenated alkanes) is 1. The summed E-state index contributed by atoms with van der Waals surface area (Å²) in [6.07, 6.45) is 2.29. The lowest BCUT2D eigenvalue weighted by Gasteiger charge is -2.11. The van der Waals surface area contributed by atoms with Gasteiger partial charge in [-0.1, -0.05) is 13.3 Å². The zero-order valence-corrected chi connectivity index (χ0v) is 10.8. The van der Waals surface area contributed by atoms with E-state index in [4.69, 9.17) is 9.47 Å². The molecule has 0 radical (unpaired) electrons. The first-order valence-corrected chi connectivity index (χ1v) is 6.58. The number of hydrogen-bond acceptors (Lipinski definition) is 4. The van der Waals surface area contributed by atoms with Crippen molar-refractivity contribution in [3.05, 3.63) is 23.8 Å². The molecular weight excluding hydrogens is 230 g/mol. The third kappa shape index (κ3) is 3.37. The summed E-state index contributed by atoms with van der Waals surface area (Å²) in [5.41, 5.74) is 1.11. The second kappa shape index (κ2) is 6.61. The molecule has 1 unspecified atom stereocenters. The Balaban J connectivity index is 1.73. The Morgan fingerprint density at radius 3 is 3.17 bits per heavy atom. The molecule has 1 aliphatic rings. The molecule has 1 aromatic rings. The first-order chi connectivity index (χ1) is 8.81. The van der Waals surface area contributed by atoms with Crippen molar-refractivity contribution < 1.29 is 14.6 Å². The quantitative estimate of drug-likeness (QED) is 0.730. The van der Waals surface area contributed by atoms with Crippen LogP contribution in [0, 0.1) is 0 Å². The predicted octanol–water partition coefficient (Wildman–Crippen LogP) is 2.23. The van der Waals surface area contributed by atoms with Crippen LogP contribution in [0.4, 0.5) is 0 Å². The summed E-state index contributed by atoms with van der Waals surface area (Å²) < 4.78 is 11.0. The molecule has 18 heavy (non-hydrogen) atoms. The van der Waals surface area contributed by atoms with Crippen molar-refractivity contribution in [2.24, 2.45) is 0 Å². The molecule has 100 valence electrons. The third-order valence-corrected chi connectivity index (χ3v) is 3.06. The maximum absolute atomic E-state index is 9.36. The average molecular weight is 251 g/mol. The molecule has 2 N–H and O–H groups in total. The molecule has 4 nitrogen and oxygen atoms in total. The second-order valence-electron chi connectivity index (χ2n) is 4.51. The van der Waals surface area contributed by atoms with Crippen LogP contribution in [0.5, 0.6) is 11.5 Å². The molecule has 0 amide bonds. The Bertz CT molecular complexity index is 381. The number of hydrogen-bond donors (Lipinski definition) is 2. The van der Waals surface area contributed by atoms with E-state index in [9.17, 15) is 5.11 Å². The van der Waals surface area contributed by atoms with Crippen LogP contribution in [0.1, 0.15) is 31.4 Å². The van der Waals surface area contributed by atoms with Crippen LogP contribution in [0.3, 0.4) is 0 Å². The van der Waals surface area contributed by atoms with Crippen LogP contribution in [0.2, 0.25) is 0 Å². The van der Waals surface area contributed by atoms with Gasteiger partial charge < -0.3 is 19.9 Å². The van der Waals surface area contributed by atoms with Crippen molar-refractivity contribution in [2.75, 3.05) is 26.4 Å². The van der Waals surface area contributed by atoms with Crippen molar-refractivity contribution in [1.82, 2.24) is 5.32 Å². The van der Waals surface area contributed by atoms with Crippen molar-refractivity contribution in [3.8, 4) is 11.5 Å². The Morgan fingerprint density at radius 2 is 2.33 bits per heavy atom. The average Bonchev–Trinajstić information content (AvgIpc) is 2.76. The summed E-state index contributed by atoms with van der Waals surface area (Å²) in [7, 11) is 0. The molecule has 0 aliphatic carbocycles. The van der Waals surface area contributed by atoms with E-state index in [1.54, 1.807) is 12.1 Å². The fourth-order valence-corrected chi connectivity index (χ4v) is 2.02. The smallest absolute Gasteiger partial charge is 0.127 e. The Kier molecular flexibility index (Phi) is 4.84. The minimum Gasteiger partial charge on any atom is -0.508 e. The summed E-state index contributed by atoms with van der Waals surface area (Å²) in [5, 5.41) is 12.8. The van der Waals surface area contributed by atoms with E-state index in [2.05, 4.69) is 12.2 Å². The van der Waals surface area contributed by atoms with Gasteiger partial charge in [0.05, 0.1) is 12.6 Å². The lowest BCUT2D eigenvalue weighted by Crippen LogP contribution is -2.26. The fourth-order valence-electron chi connectivity index (χ4n) is 2.02. The monoisotopic (exact) mass is 251 g/mol. The van der Waals surface area contributed by atoms with E-state index in [0.29, 0.717) is 6.61 Å². The summed E-state index contributed by atoms with van der Waals surface area (Å²) in [5.74, 6) is 1.02. The Morgan fingerprint density at radius 1 is 1.44 bits per heavy atom. The summed E-state index contributed by atoms with van der Waals surface area (Å²) in [4.78, 5) is 0. The summed E-state index contributed by atoms with van der Waals surface area (Å²) in [6.45, 7) is 5.16. The molecule has 1 heterocycles. The van der Waals surface area contributed by atoms with Crippen LogP contribution in [-0.2, 0) is 4.74 Å². The van der Waals surface area contributed by atoms with E-state index >= 15 is 0 Å². The minimum atomic E-state index is 0.204. The van der Waals surface area contributed by atoms with Crippen molar-refractivity contribution in [2.45, 2.75) is 25.8 Å². The molecule has 0 spiro atoms. The van der Waals surface area contributed by atoms with Gasteiger partial charge in [0.2, 0.25) is 0 Å². The van der Waals surface area contributed by atoms with Gasteiger partial charge in [-0.05, 0) is 18.6 Å². The zero-order chi connectivity index (χ0) is 12.8. The Hall–Kier alpha value is -1.26. The van der Waals surface area contributed by atoms with Crippen LogP contribution >= 0.6 is 0 Å². The molecule has 4 heteroatoms. The van der Waals surface area contributed by atoms with E-state index < -0.39 is 0 Å². The normalized spacial score (nSPS) is 17.5. The second-order valence-corrected chi connectivity index (χ2v) is 4.51. The number of nitrogens with one attached hydrogen (secondary N) is 1. The van der Waals surface area contributed by atoms with Gasteiger partial charge in [-0.25, -0.2) is 0 Å². The first kappa shape index (κ1) is 13.2. The highest BCUT2D eigenvalue weighted by molar-refractivity contribution is 5.44. The lowest BCUT2D eigenvalue weighted by molar-refractivity contribution is 0.130. The van der Waals surface area contributed by atoms with E-state index in [1.165, 1.54) is 6.42 Å². The highest BCUT2D eigenvalue weighted by atomic mass is 16.5. The number of benzene rings is 1. The molecule has 1 aromatic carbocycles. The van der Waals surface area contributed by atoms with Gasteiger partial charge in [0.15, 0.2) is 0 Å². The van der Waals surface area contributed by atoms with E-state index in [-0.39, 0.29) is 11.8 Å². The van der Waals surface area contributed by atoms with Gasteiger partial charge in [0.25, 0.3) is 0 Å². The number of phenolic OH excluding ortho intramolecular Hbond substituents is 1. The maximum Gasteiger partial charge on any atom is 0.127 e. The molecule has 0 saturated carbocycles. The maximum atomic E-state index is 9.36. The van der Waals surface area contributed by atoms with Gasteiger partial charge in [-0.15, -0.1) is 0 Å². The molecule has 0 fully saturated rings. The molecule has 1 atom stereocenters. The Labute approximate surface area is 108 Å². The number of phenols is 1. The van der Waals surface area contributed by atoms with E-state index in [0.717, 1.165) is 37.5 Å². The lowest BCUT2D eigenvalue weighted by atomic mass is 10.1. The largest absolute Gasteiger partial charge is 0.508 e. The number of fused-ring (bicyclic) bond motifs is 1. The number of ether oxygens (including phenoxy) is 2. The minimum absolute atomic E-state index is 0.204.